The molecule has 2 aromatic carbocycles. The number of carboxylic acid groups (broad SMARTS) is 1. The van der Waals surface area contributed by atoms with Crippen molar-refractivity contribution in [2.45, 2.75) is 32.7 Å². The molecule has 0 saturated heterocycles. The quantitative estimate of drug-likeness (QED) is 0.740. The molecule has 0 aromatic heterocycles. The van der Waals surface area contributed by atoms with Gasteiger partial charge in [-0.1, -0.05) is 69.3 Å². The zero-order chi connectivity index (χ0) is 22.8. The van der Waals surface area contributed by atoms with E-state index in [1.807, 2.05) is 36.4 Å². The highest BCUT2D eigenvalue weighted by Gasteiger charge is 2.36. The van der Waals surface area contributed by atoms with Crippen molar-refractivity contribution in [3.8, 4) is 11.1 Å². The predicted molar refractivity (Wildman–Crippen MR) is 117 cm³/mol. The second kappa shape index (κ2) is 8.79. The van der Waals surface area contributed by atoms with E-state index in [0.29, 0.717) is 0 Å². The van der Waals surface area contributed by atoms with Crippen molar-refractivity contribution in [3.63, 3.8) is 0 Å². The number of carbonyl (C=O) groups is 3. The third-order valence-corrected chi connectivity index (χ3v) is 5.47. The molecule has 0 heterocycles. The summed E-state index contributed by atoms with van der Waals surface area (Å²) in [6, 6.07) is 15.1. The van der Waals surface area contributed by atoms with Crippen molar-refractivity contribution in [2.75, 3.05) is 20.2 Å². The second-order valence-corrected chi connectivity index (χ2v) is 8.86. The fraction of sp³-hybridized carbons (Fsp3) is 0.375. The Labute approximate surface area is 182 Å². The lowest BCUT2D eigenvalue weighted by molar-refractivity contribution is -0.145. The summed E-state index contributed by atoms with van der Waals surface area (Å²) < 4.78 is 5.54. The zero-order valence-electron chi connectivity index (χ0n) is 18.2. The van der Waals surface area contributed by atoms with Crippen LogP contribution < -0.4 is 5.32 Å². The number of hydrogen-bond donors (Lipinski definition) is 2. The Hall–Kier alpha value is -3.35. The number of likely N-dealkylation sites (N-methyl/N-ethyl adjacent to an activating group) is 1. The number of carboxylic acids is 1. The number of nitrogens with one attached hydrogen (secondary N) is 1. The first-order valence-electron chi connectivity index (χ1n) is 10.2. The van der Waals surface area contributed by atoms with Gasteiger partial charge in [-0.25, -0.2) is 4.79 Å². The molecule has 2 aromatic rings. The monoisotopic (exact) mass is 424 g/mol. The number of amides is 2. The lowest BCUT2D eigenvalue weighted by Crippen LogP contribution is -2.54. The van der Waals surface area contributed by atoms with E-state index >= 15 is 0 Å². The number of nitrogens with zero attached hydrogens (tertiary/aromatic N) is 1. The highest BCUT2D eigenvalue weighted by atomic mass is 16.5. The van der Waals surface area contributed by atoms with Crippen LogP contribution in [0.3, 0.4) is 0 Å². The normalized spacial score (nSPS) is 13.7. The van der Waals surface area contributed by atoms with Gasteiger partial charge in [-0.3, -0.25) is 9.59 Å². The molecule has 31 heavy (non-hydrogen) atoms. The molecule has 2 N–H and O–H groups in total. The molecule has 0 radical (unpaired) electrons. The summed E-state index contributed by atoms with van der Waals surface area (Å²) in [6.07, 6.45) is -0.709. The molecule has 3 rings (SSSR count). The largest absolute Gasteiger partial charge is 0.480 e. The molecular formula is C24H28N2O5. The predicted octanol–water partition coefficient (Wildman–Crippen LogP) is 3.48. The molecule has 1 atom stereocenters. The Balaban J connectivity index is 1.71. The van der Waals surface area contributed by atoms with Crippen LogP contribution in [0, 0.1) is 5.41 Å². The van der Waals surface area contributed by atoms with Gasteiger partial charge in [0, 0.05) is 13.0 Å². The van der Waals surface area contributed by atoms with Gasteiger partial charge in [0.2, 0.25) is 5.91 Å². The maximum atomic E-state index is 12.7. The molecular weight excluding hydrogens is 396 g/mol. The third-order valence-electron chi connectivity index (χ3n) is 5.47. The molecule has 0 aliphatic heterocycles. The Morgan fingerprint density at radius 2 is 1.55 bits per heavy atom. The molecule has 7 nitrogen and oxygen atoms in total. The number of rotatable bonds is 6. The SMILES string of the molecule is CN(CC(=O)O)C(=O)[C@H](NC(=O)OCC1c2ccccc2-c2ccccc21)C(C)(C)C. The van der Waals surface area contributed by atoms with Crippen molar-refractivity contribution in [1.29, 1.82) is 0 Å². The first-order valence-corrected chi connectivity index (χ1v) is 10.2. The number of carbonyl (C=O) groups excluding carboxylic acids is 2. The van der Waals surface area contributed by atoms with E-state index in [2.05, 4.69) is 17.4 Å². The molecule has 0 spiro atoms. The zero-order valence-corrected chi connectivity index (χ0v) is 18.2. The van der Waals surface area contributed by atoms with E-state index < -0.39 is 36.0 Å². The summed E-state index contributed by atoms with van der Waals surface area (Å²) in [4.78, 5) is 37.4. The van der Waals surface area contributed by atoms with Crippen molar-refractivity contribution in [2.24, 2.45) is 5.41 Å². The summed E-state index contributed by atoms with van der Waals surface area (Å²) in [5.74, 6) is -1.69. The molecule has 0 saturated carbocycles. The van der Waals surface area contributed by atoms with Crippen LogP contribution in [-0.2, 0) is 14.3 Å². The molecule has 0 unspecified atom stereocenters. The van der Waals surface area contributed by atoms with E-state index in [9.17, 15) is 14.4 Å². The summed E-state index contributed by atoms with van der Waals surface area (Å²) >= 11 is 0. The van der Waals surface area contributed by atoms with Crippen LogP contribution in [0.5, 0.6) is 0 Å². The van der Waals surface area contributed by atoms with Crippen molar-refractivity contribution < 1.29 is 24.2 Å². The van der Waals surface area contributed by atoms with Gasteiger partial charge >= 0.3 is 12.1 Å². The van der Waals surface area contributed by atoms with E-state index in [-0.39, 0.29) is 12.5 Å². The lowest BCUT2D eigenvalue weighted by Gasteiger charge is -2.32. The second-order valence-electron chi connectivity index (χ2n) is 8.86. The van der Waals surface area contributed by atoms with Gasteiger partial charge in [0.05, 0.1) is 0 Å². The minimum absolute atomic E-state index is 0.0865. The molecule has 0 bridgehead atoms. The minimum atomic E-state index is -1.12. The first-order chi connectivity index (χ1) is 14.6. The molecule has 0 fully saturated rings. The minimum Gasteiger partial charge on any atom is -0.480 e. The Kier molecular flexibility index (Phi) is 6.34. The third kappa shape index (κ3) is 4.87. The maximum absolute atomic E-state index is 12.7. The highest BCUT2D eigenvalue weighted by Crippen LogP contribution is 2.44. The molecule has 1 aliphatic rings. The summed E-state index contributed by atoms with van der Waals surface area (Å²) in [6.45, 7) is 5.09. The number of ether oxygens (including phenoxy) is 1. The summed E-state index contributed by atoms with van der Waals surface area (Å²) in [5, 5.41) is 11.6. The van der Waals surface area contributed by atoms with Crippen LogP contribution in [0.15, 0.2) is 48.5 Å². The lowest BCUT2D eigenvalue weighted by atomic mass is 9.86. The summed E-state index contributed by atoms with van der Waals surface area (Å²) in [5.41, 5.74) is 3.83. The topological polar surface area (TPSA) is 95.9 Å². The van der Waals surface area contributed by atoms with Crippen molar-refractivity contribution >= 4 is 18.0 Å². The Morgan fingerprint density at radius 1 is 1.03 bits per heavy atom. The van der Waals surface area contributed by atoms with E-state index in [1.54, 1.807) is 20.8 Å². The molecule has 1 aliphatic carbocycles. The van der Waals surface area contributed by atoms with Gasteiger partial charge < -0.3 is 20.1 Å². The van der Waals surface area contributed by atoms with Gasteiger partial charge in [-0.05, 0) is 27.7 Å². The van der Waals surface area contributed by atoms with Crippen LogP contribution in [0.2, 0.25) is 0 Å². The van der Waals surface area contributed by atoms with Crippen LogP contribution in [0.1, 0.15) is 37.8 Å². The highest BCUT2D eigenvalue weighted by molar-refractivity contribution is 5.88. The fourth-order valence-corrected chi connectivity index (χ4v) is 3.91. The molecule has 2 amide bonds. The van der Waals surface area contributed by atoms with Crippen molar-refractivity contribution in [3.05, 3.63) is 59.7 Å². The number of aliphatic carboxylic acids is 1. The van der Waals surface area contributed by atoms with Gasteiger partial charge in [0.15, 0.2) is 0 Å². The number of benzene rings is 2. The van der Waals surface area contributed by atoms with Gasteiger partial charge in [-0.2, -0.15) is 0 Å². The maximum Gasteiger partial charge on any atom is 0.407 e. The Bertz CT molecular complexity index is 950. The molecule has 164 valence electrons. The van der Waals surface area contributed by atoms with Crippen molar-refractivity contribution in [1.82, 2.24) is 10.2 Å². The first kappa shape index (κ1) is 22.3. The van der Waals surface area contributed by atoms with E-state index in [1.165, 1.54) is 7.05 Å². The van der Waals surface area contributed by atoms with E-state index in [0.717, 1.165) is 27.2 Å². The number of alkyl carbamates (subject to hydrolysis) is 1. The van der Waals surface area contributed by atoms with Crippen LogP contribution in [0.4, 0.5) is 4.79 Å². The standard InChI is InChI=1S/C24H28N2O5/c1-24(2,3)21(22(29)26(4)13-20(27)28)25-23(30)31-14-19-17-11-7-5-9-15(17)16-10-6-8-12-18(16)19/h5-12,19,21H,13-14H2,1-4H3,(H,25,30)(H,27,28)/t21-/m0/s1. The van der Waals surface area contributed by atoms with Gasteiger partial charge in [0.25, 0.3) is 0 Å². The Morgan fingerprint density at radius 3 is 2.03 bits per heavy atom. The average Bonchev–Trinajstić information content (AvgIpc) is 3.02. The number of fused-ring (bicyclic) bond motifs is 3. The van der Waals surface area contributed by atoms with Crippen LogP contribution >= 0.6 is 0 Å². The van der Waals surface area contributed by atoms with Crippen LogP contribution in [0.25, 0.3) is 11.1 Å². The average molecular weight is 424 g/mol. The van der Waals surface area contributed by atoms with Gasteiger partial charge in [-0.15, -0.1) is 0 Å². The molecule has 7 heteroatoms. The smallest absolute Gasteiger partial charge is 0.407 e. The van der Waals surface area contributed by atoms with Gasteiger partial charge in [0.1, 0.15) is 19.2 Å². The van der Waals surface area contributed by atoms with Crippen LogP contribution in [-0.4, -0.2) is 54.2 Å². The summed E-state index contributed by atoms with van der Waals surface area (Å²) in [7, 11) is 1.40. The number of hydrogen-bond acceptors (Lipinski definition) is 4. The fourth-order valence-electron chi connectivity index (χ4n) is 3.91. The van der Waals surface area contributed by atoms with E-state index in [4.69, 9.17) is 9.84 Å².